The second-order valence-electron chi connectivity index (χ2n) is 6.99. The number of alkyl halides is 3. The molecule has 0 bridgehead atoms. The van der Waals surface area contributed by atoms with Crippen molar-refractivity contribution in [2.75, 3.05) is 11.9 Å². The van der Waals surface area contributed by atoms with E-state index >= 15 is 0 Å². The van der Waals surface area contributed by atoms with E-state index < -0.39 is 23.9 Å². The van der Waals surface area contributed by atoms with Crippen molar-refractivity contribution >= 4 is 23.1 Å². The summed E-state index contributed by atoms with van der Waals surface area (Å²) in [7, 11) is 0. The number of amides is 2. The van der Waals surface area contributed by atoms with Gasteiger partial charge in [0.15, 0.2) is 0 Å². The first kappa shape index (κ1) is 22.2. The van der Waals surface area contributed by atoms with E-state index in [9.17, 15) is 22.8 Å². The first-order chi connectivity index (χ1) is 14.6. The van der Waals surface area contributed by atoms with E-state index in [2.05, 4.69) is 10.1 Å². The minimum Gasteiger partial charge on any atom is -0.491 e. The third kappa shape index (κ3) is 5.17. The van der Waals surface area contributed by atoms with Crippen LogP contribution < -0.4 is 14.8 Å². The minimum absolute atomic E-state index is 0.0168. The van der Waals surface area contributed by atoms with Crippen LogP contribution in [0.25, 0.3) is 5.57 Å². The molecule has 3 rings (SSSR count). The van der Waals surface area contributed by atoms with Gasteiger partial charge in [-0.15, -0.1) is 13.2 Å². The molecule has 0 radical (unpaired) electrons. The molecule has 1 N–H and O–H groups in total. The number of rotatable bonds is 7. The van der Waals surface area contributed by atoms with Crippen molar-refractivity contribution in [2.24, 2.45) is 0 Å². The van der Waals surface area contributed by atoms with Crippen LogP contribution in [0.2, 0.25) is 0 Å². The number of benzene rings is 2. The summed E-state index contributed by atoms with van der Waals surface area (Å²) < 4.78 is 46.5. The summed E-state index contributed by atoms with van der Waals surface area (Å²) in [4.78, 5) is 26.7. The molecule has 0 unspecified atom stereocenters. The van der Waals surface area contributed by atoms with Gasteiger partial charge in [0.25, 0.3) is 11.8 Å². The average molecular weight is 434 g/mol. The van der Waals surface area contributed by atoms with Crippen LogP contribution in [0.4, 0.5) is 18.9 Å². The summed E-state index contributed by atoms with van der Waals surface area (Å²) in [6.45, 7) is 5.64. The number of nitrogens with zero attached hydrogens (tertiary/aromatic N) is 1. The number of imide groups is 1. The fourth-order valence-electron chi connectivity index (χ4n) is 3.10. The molecule has 0 spiro atoms. The Bertz CT molecular complexity index is 997. The predicted octanol–water partition coefficient (Wildman–Crippen LogP) is 4.58. The molecule has 9 heteroatoms. The monoisotopic (exact) mass is 434 g/mol. The van der Waals surface area contributed by atoms with Gasteiger partial charge in [0.1, 0.15) is 17.2 Å². The zero-order valence-electron chi connectivity index (χ0n) is 17.1. The summed E-state index contributed by atoms with van der Waals surface area (Å²) in [6.07, 6.45) is -4.82. The second-order valence-corrected chi connectivity index (χ2v) is 6.99. The van der Waals surface area contributed by atoms with Gasteiger partial charge < -0.3 is 14.8 Å². The summed E-state index contributed by atoms with van der Waals surface area (Å²) in [5.74, 6) is -0.736. The van der Waals surface area contributed by atoms with Crippen molar-refractivity contribution in [3.8, 4) is 11.5 Å². The van der Waals surface area contributed by atoms with E-state index in [0.29, 0.717) is 17.0 Å². The van der Waals surface area contributed by atoms with E-state index in [-0.39, 0.29) is 23.9 Å². The Kier molecular flexibility index (Phi) is 6.24. The third-order valence-electron chi connectivity index (χ3n) is 4.36. The van der Waals surface area contributed by atoms with E-state index in [1.807, 2.05) is 13.8 Å². The number of carbonyl (C=O) groups is 2. The highest BCUT2D eigenvalue weighted by Gasteiger charge is 2.38. The number of hydrogen-bond acceptors (Lipinski definition) is 5. The molecular weight excluding hydrogens is 413 g/mol. The predicted molar refractivity (Wildman–Crippen MR) is 108 cm³/mol. The van der Waals surface area contributed by atoms with E-state index in [0.717, 1.165) is 17.0 Å². The maximum absolute atomic E-state index is 12.9. The van der Waals surface area contributed by atoms with Crippen molar-refractivity contribution < 1.29 is 32.2 Å². The summed E-state index contributed by atoms with van der Waals surface area (Å²) in [6, 6.07) is 11.7. The fraction of sp³-hybridized carbons (Fsp3) is 0.273. The number of ether oxygens (including phenoxy) is 2. The van der Waals surface area contributed by atoms with Gasteiger partial charge in [-0.2, -0.15) is 0 Å². The molecule has 1 heterocycles. The number of halogens is 3. The topological polar surface area (TPSA) is 67.9 Å². The summed E-state index contributed by atoms with van der Waals surface area (Å²) >= 11 is 0. The van der Waals surface area contributed by atoms with Gasteiger partial charge >= 0.3 is 6.36 Å². The highest BCUT2D eigenvalue weighted by Crippen LogP contribution is 2.32. The van der Waals surface area contributed by atoms with Gasteiger partial charge in [0, 0.05) is 12.2 Å². The van der Waals surface area contributed by atoms with E-state index in [1.165, 1.54) is 12.1 Å². The van der Waals surface area contributed by atoms with Crippen LogP contribution in [0.15, 0.2) is 54.2 Å². The van der Waals surface area contributed by atoms with Crippen molar-refractivity contribution in [3.05, 3.63) is 59.8 Å². The molecule has 6 nitrogen and oxygen atoms in total. The number of nitrogens with one attached hydrogen (secondary N) is 1. The van der Waals surface area contributed by atoms with Crippen LogP contribution in [-0.4, -0.2) is 35.7 Å². The quantitative estimate of drug-likeness (QED) is 0.646. The van der Waals surface area contributed by atoms with Crippen LogP contribution >= 0.6 is 0 Å². The lowest BCUT2D eigenvalue weighted by atomic mass is 10.0. The second kappa shape index (κ2) is 8.71. The molecule has 31 heavy (non-hydrogen) atoms. The third-order valence-corrected chi connectivity index (χ3v) is 4.36. The van der Waals surface area contributed by atoms with E-state index in [1.54, 1.807) is 31.2 Å². The maximum Gasteiger partial charge on any atom is 0.573 e. The molecule has 2 aromatic rings. The molecule has 0 atom stereocenters. The standard InChI is InChI=1S/C22H21F3N2O4/c1-4-27-20(28)18(14-5-9-16(10-6-14)30-13(2)3)19(21(27)29)26-15-7-11-17(12-8-15)31-22(23,24)25/h5-13,26H,4H2,1-3H3. The molecule has 0 aromatic heterocycles. The Hall–Kier alpha value is -3.49. The van der Waals surface area contributed by atoms with Crippen LogP contribution in [-0.2, 0) is 9.59 Å². The van der Waals surface area contributed by atoms with Gasteiger partial charge in [-0.1, -0.05) is 12.1 Å². The summed E-state index contributed by atoms with van der Waals surface area (Å²) in [5, 5.41) is 2.87. The van der Waals surface area contributed by atoms with E-state index in [4.69, 9.17) is 4.74 Å². The average Bonchev–Trinajstić information content (AvgIpc) is 2.92. The van der Waals surface area contributed by atoms with Crippen LogP contribution in [0.3, 0.4) is 0 Å². The van der Waals surface area contributed by atoms with Gasteiger partial charge in [-0.05, 0) is 62.7 Å². The lowest BCUT2D eigenvalue weighted by Crippen LogP contribution is -2.32. The molecule has 0 fully saturated rings. The Morgan fingerprint density at radius 3 is 2.03 bits per heavy atom. The first-order valence-corrected chi connectivity index (χ1v) is 9.59. The van der Waals surface area contributed by atoms with Crippen LogP contribution in [0.1, 0.15) is 26.3 Å². The molecule has 2 aromatic carbocycles. The lowest BCUT2D eigenvalue weighted by Gasteiger charge is -2.12. The van der Waals surface area contributed by atoms with Crippen molar-refractivity contribution in [1.82, 2.24) is 4.90 Å². The van der Waals surface area contributed by atoms with Crippen LogP contribution in [0, 0.1) is 0 Å². The van der Waals surface area contributed by atoms with Gasteiger partial charge in [0.2, 0.25) is 0 Å². The molecule has 0 saturated heterocycles. The number of hydrogen-bond donors (Lipinski definition) is 1. The summed E-state index contributed by atoms with van der Waals surface area (Å²) in [5.41, 5.74) is 1.08. The zero-order chi connectivity index (χ0) is 22.8. The number of anilines is 1. The van der Waals surface area contributed by atoms with Crippen molar-refractivity contribution in [1.29, 1.82) is 0 Å². The number of carbonyl (C=O) groups excluding carboxylic acids is 2. The molecule has 1 aliphatic heterocycles. The Balaban J connectivity index is 1.92. The van der Waals surface area contributed by atoms with Crippen molar-refractivity contribution in [2.45, 2.75) is 33.2 Å². The van der Waals surface area contributed by atoms with Crippen LogP contribution in [0.5, 0.6) is 11.5 Å². The van der Waals surface area contributed by atoms with Gasteiger partial charge in [-0.3, -0.25) is 14.5 Å². The number of likely N-dealkylation sites (N-methyl/N-ethyl adjacent to an activating group) is 1. The molecule has 2 amide bonds. The Morgan fingerprint density at radius 2 is 1.52 bits per heavy atom. The minimum atomic E-state index is -4.80. The largest absolute Gasteiger partial charge is 0.573 e. The maximum atomic E-state index is 12.9. The Labute approximate surface area is 177 Å². The first-order valence-electron chi connectivity index (χ1n) is 9.59. The Morgan fingerprint density at radius 1 is 0.935 bits per heavy atom. The van der Waals surface area contributed by atoms with Gasteiger partial charge in [-0.25, -0.2) is 0 Å². The highest BCUT2D eigenvalue weighted by atomic mass is 19.4. The highest BCUT2D eigenvalue weighted by molar-refractivity contribution is 6.36. The molecule has 164 valence electrons. The molecular formula is C22H21F3N2O4. The zero-order valence-corrected chi connectivity index (χ0v) is 17.1. The SMILES string of the molecule is CCN1C(=O)C(Nc2ccc(OC(F)(F)F)cc2)=C(c2ccc(OC(C)C)cc2)C1=O. The molecule has 0 saturated carbocycles. The molecule has 0 aliphatic carbocycles. The fourth-order valence-corrected chi connectivity index (χ4v) is 3.10. The van der Waals surface area contributed by atoms with Gasteiger partial charge in [0.05, 0.1) is 11.7 Å². The smallest absolute Gasteiger partial charge is 0.491 e. The normalized spacial score (nSPS) is 14.5. The molecule has 1 aliphatic rings. The van der Waals surface area contributed by atoms with Crippen molar-refractivity contribution in [3.63, 3.8) is 0 Å². The lowest BCUT2D eigenvalue weighted by molar-refractivity contribution is -0.274.